The van der Waals surface area contributed by atoms with Gasteiger partial charge in [-0.2, -0.15) is 4.31 Å². The van der Waals surface area contributed by atoms with E-state index in [-0.39, 0.29) is 42.0 Å². The lowest BCUT2D eigenvalue weighted by Gasteiger charge is -2.30. The number of nitrogens with one attached hydrogen (secondary N) is 1. The average Bonchev–Trinajstić information content (AvgIpc) is 3.36. The molecule has 11 nitrogen and oxygen atoms in total. The molecule has 3 atom stereocenters. The van der Waals surface area contributed by atoms with Crippen molar-refractivity contribution in [1.29, 1.82) is 0 Å². The van der Waals surface area contributed by atoms with Gasteiger partial charge in [0.05, 0.1) is 25.4 Å². The molecule has 3 rings (SSSR count). The Balaban J connectivity index is 1.81. The summed E-state index contributed by atoms with van der Waals surface area (Å²) in [6.45, 7) is 4.27. The predicted octanol–water partition coefficient (Wildman–Crippen LogP) is -0.105. The molecule has 1 amide bonds. The van der Waals surface area contributed by atoms with Crippen LogP contribution in [0.4, 0.5) is 4.79 Å². The maximum Gasteiger partial charge on any atom is 0.490 e. The van der Waals surface area contributed by atoms with Gasteiger partial charge in [0.25, 0.3) is 10.0 Å². The maximum absolute atomic E-state index is 13.4. The van der Waals surface area contributed by atoms with Crippen molar-refractivity contribution in [2.24, 2.45) is 5.92 Å². The summed E-state index contributed by atoms with van der Waals surface area (Å²) in [5.74, 6) is -0.0756. The highest BCUT2D eigenvalue weighted by Gasteiger charge is 2.33. The van der Waals surface area contributed by atoms with Gasteiger partial charge in [0.1, 0.15) is 6.10 Å². The van der Waals surface area contributed by atoms with Crippen LogP contribution in [0.15, 0.2) is 53.7 Å². The molecule has 202 valence electrons. The second kappa shape index (κ2) is 13.3. The van der Waals surface area contributed by atoms with Crippen molar-refractivity contribution in [1.82, 2.24) is 14.6 Å². The number of ether oxygens (including phenoxy) is 2. The van der Waals surface area contributed by atoms with E-state index in [9.17, 15) is 28.4 Å². The molecule has 4 N–H and O–H groups in total. The standard InChI is InChI=1S/C24H34BN3O8S/c1-17(2)14-28(37(33,34)23-9-8-19(13-26-23)25(31)32)15-22(29)21(12-18-6-4-3-5-7-18)27-24(30)36-20-10-11-35-16-20/h3-9,13,17,20-22,29,31-32H,10-12,14-16H2,1-2H3,(H,27,30). The first kappa shape index (κ1) is 29.0. The van der Waals surface area contributed by atoms with Gasteiger partial charge >= 0.3 is 13.2 Å². The Morgan fingerprint density at radius 2 is 1.95 bits per heavy atom. The fourth-order valence-electron chi connectivity index (χ4n) is 3.94. The van der Waals surface area contributed by atoms with E-state index in [0.29, 0.717) is 19.6 Å². The van der Waals surface area contributed by atoms with Crippen molar-refractivity contribution < 1.29 is 37.8 Å². The number of benzene rings is 1. The molecule has 0 radical (unpaired) electrons. The Labute approximate surface area is 217 Å². The summed E-state index contributed by atoms with van der Waals surface area (Å²) in [6, 6.07) is 10.8. The van der Waals surface area contributed by atoms with Crippen LogP contribution in [0, 0.1) is 5.92 Å². The molecule has 0 aliphatic carbocycles. The monoisotopic (exact) mass is 535 g/mol. The summed E-state index contributed by atoms with van der Waals surface area (Å²) in [7, 11) is -5.93. The highest BCUT2D eigenvalue weighted by atomic mass is 32.2. The van der Waals surface area contributed by atoms with Gasteiger partial charge < -0.3 is 29.9 Å². The summed E-state index contributed by atoms with van der Waals surface area (Å²) in [5, 5.41) is 32.2. The highest BCUT2D eigenvalue weighted by Crippen LogP contribution is 2.18. The van der Waals surface area contributed by atoms with E-state index in [1.807, 2.05) is 44.2 Å². The first-order valence-electron chi connectivity index (χ1n) is 12.2. The van der Waals surface area contributed by atoms with E-state index in [4.69, 9.17) is 9.47 Å². The normalized spacial score (nSPS) is 17.5. The summed E-state index contributed by atoms with van der Waals surface area (Å²) in [4.78, 5) is 16.5. The molecule has 2 heterocycles. The lowest BCUT2D eigenvalue weighted by atomic mass is 9.82. The zero-order chi connectivity index (χ0) is 27.0. The van der Waals surface area contributed by atoms with E-state index in [1.54, 1.807) is 0 Å². The fraction of sp³-hybridized carbons (Fsp3) is 0.500. The lowest BCUT2D eigenvalue weighted by molar-refractivity contribution is 0.0643. The highest BCUT2D eigenvalue weighted by molar-refractivity contribution is 7.89. The van der Waals surface area contributed by atoms with Crippen molar-refractivity contribution >= 4 is 28.7 Å². The van der Waals surface area contributed by atoms with Crippen LogP contribution < -0.4 is 10.8 Å². The zero-order valence-electron chi connectivity index (χ0n) is 20.9. The van der Waals surface area contributed by atoms with Crippen molar-refractivity contribution in [3.05, 3.63) is 54.2 Å². The second-order valence-electron chi connectivity index (χ2n) is 9.42. The summed E-state index contributed by atoms with van der Waals surface area (Å²) in [6.07, 6.45) is -0.468. The number of amides is 1. The lowest BCUT2D eigenvalue weighted by Crippen LogP contribution is -2.51. The Morgan fingerprint density at radius 1 is 1.22 bits per heavy atom. The third-order valence-electron chi connectivity index (χ3n) is 5.85. The topological polar surface area (TPSA) is 159 Å². The van der Waals surface area contributed by atoms with Crippen LogP contribution in [0.2, 0.25) is 0 Å². The van der Waals surface area contributed by atoms with Crippen molar-refractivity contribution in [3.8, 4) is 0 Å². The molecule has 1 aliphatic heterocycles. The minimum absolute atomic E-state index is 0.0488. The van der Waals surface area contributed by atoms with Gasteiger partial charge in [0.2, 0.25) is 0 Å². The van der Waals surface area contributed by atoms with Crippen LogP contribution in [0.3, 0.4) is 0 Å². The van der Waals surface area contributed by atoms with E-state index >= 15 is 0 Å². The first-order valence-corrected chi connectivity index (χ1v) is 13.6. The van der Waals surface area contributed by atoms with E-state index in [2.05, 4.69) is 10.3 Å². The molecule has 1 aromatic heterocycles. The molecule has 0 spiro atoms. The molecule has 1 aromatic carbocycles. The van der Waals surface area contributed by atoms with Gasteiger partial charge in [0, 0.05) is 31.2 Å². The molecule has 37 heavy (non-hydrogen) atoms. The molecule has 0 saturated carbocycles. The van der Waals surface area contributed by atoms with Gasteiger partial charge in [-0.1, -0.05) is 50.2 Å². The number of sulfonamides is 1. The number of rotatable bonds is 12. The molecule has 3 unspecified atom stereocenters. The van der Waals surface area contributed by atoms with E-state index < -0.39 is 35.4 Å². The summed E-state index contributed by atoms with van der Waals surface area (Å²) in [5.41, 5.74) is 0.891. The third kappa shape index (κ3) is 8.49. The van der Waals surface area contributed by atoms with Crippen LogP contribution in [0.5, 0.6) is 0 Å². The Bertz CT molecular complexity index is 1100. The third-order valence-corrected chi connectivity index (χ3v) is 7.60. The average molecular weight is 535 g/mol. The van der Waals surface area contributed by atoms with Gasteiger partial charge in [-0.25, -0.2) is 18.2 Å². The molecular formula is C24H34BN3O8S. The smallest absolute Gasteiger partial charge is 0.444 e. The van der Waals surface area contributed by atoms with Crippen molar-refractivity contribution in [2.75, 3.05) is 26.3 Å². The fourth-order valence-corrected chi connectivity index (χ4v) is 5.47. The maximum atomic E-state index is 13.4. The Morgan fingerprint density at radius 3 is 2.51 bits per heavy atom. The minimum Gasteiger partial charge on any atom is -0.444 e. The molecular weight excluding hydrogens is 501 g/mol. The quantitative estimate of drug-likeness (QED) is 0.272. The van der Waals surface area contributed by atoms with E-state index in [0.717, 1.165) is 16.1 Å². The Hall–Kier alpha value is -2.55. The molecule has 0 bridgehead atoms. The number of hydrogen-bond donors (Lipinski definition) is 4. The number of aromatic nitrogens is 1. The van der Waals surface area contributed by atoms with E-state index in [1.165, 1.54) is 12.1 Å². The summed E-state index contributed by atoms with van der Waals surface area (Å²) < 4.78 is 38.6. The van der Waals surface area contributed by atoms with Crippen molar-refractivity contribution in [2.45, 2.75) is 50.0 Å². The molecule has 1 fully saturated rings. The van der Waals surface area contributed by atoms with Crippen LogP contribution in [0.1, 0.15) is 25.8 Å². The molecule has 1 aliphatic rings. The minimum atomic E-state index is -4.15. The van der Waals surface area contributed by atoms with Crippen LogP contribution in [0.25, 0.3) is 0 Å². The number of hydrogen-bond acceptors (Lipinski definition) is 9. The van der Waals surface area contributed by atoms with Crippen LogP contribution >= 0.6 is 0 Å². The van der Waals surface area contributed by atoms with Crippen molar-refractivity contribution in [3.63, 3.8) is 0 Å². The SMILES string of the molecule is CC(C)CN(CC(O)C(Cc1ccccc1)NC(=O)OC1CCOC1)S(=O)(=O)c1ccc(B(O)O)cn1. The Kier molecular flexibility index (Phi) is 10.4. The largest absolute Gasteiger partial charge is 0.490 e. The number of alkyl carbamates (subject to hydrolysis) is 1. The number of nitrogens with zero attached hydrogens (tertiary/aromatic N) is 2. The predicted molar refractivity (Wildman–Crippen MR) is 136 cm³/mol. The molecule has 13 heteroatoms. The molecule has 2 aromatic rings. The second-order valence-corrected chi connectivity index (χ2v) is 11.3. The van der Waals surface area contributed by atoms with Gasteiger partial charge in [-0.05, 0) is 24.0 Å². The number of carbonyl (C=O) groups is 1. The number of pyridine rings is 1. The van der Waals surface area contributed by atoms with Crippen LogP contribution in [-0.2, 0) is 25.9 Å². The number of aliphatic hydroxyl groups is 1. The number of aliphatic hydroxyl groups excluding tert-OH is 1. The van der Waals surface area contributed by atoms with Gasteiger partial charge in [0.15, 0.2) is 5.03 Å². The number of carbonyl (C=O) groups excluding carboxylic acids is 1. The van der Waals surface area contributed by atoms with Gasteiger partial charge in [-0.15, -0.1) is 0 Å². The van der Waals surface area contributed by atoms with Gasteiger partial charge in [-0.3, -0.25) is 0 Å². The van der Waals surface area contributed by atoms with Crippen LogP contribution in [-0.4, -0.2) is 90.6 Å². The first-order chi connectivity index (χ1) is 17.6. The zero-order valence-corrected chi connectivity index (χ0v) is 21.8. The summed E-state index contributed by atoms with van der Waals surface area (Å²) >= 11 is 0. The molecule has 1 saturated heterocycles.